The number of ether oxygens (including phenoxy) is 1. The van der Waals surface area contributed by atoms with E-state index in [1.165, 1.54) is 12.8 Å². The van der Waals surface area contributed by atoms with Crippen LogP contribution in [0.2, 0.25) is 0 Å². The van der Waals surface area contributed by atoms with Crippen molar-refractivity contribution in [3.8, 4) is 0 Å². The van der Waals surface area contributed by atoms with Crippen LogP contribution in [0.15, 0.2) is 35.4 Å². The van der Waals surface area contributed by atoms with E-state index in [4.69, 9.17) is 19.7 Å². The third-order valence-corrected chi connectivity index (χ3v) is 6.40. The van der Waals surface area contributed by atoms with Crippen molar-refractivity contribution in [1.29, 1.82) is 0 Å². The first-order valence-electron chi connectivity index (χ1n) is 10.6. The molecular formula is C22H23N5O2. The van der Waals surface area contributed by atoms with Gasteiger partial charge in [-0.15, -0.1) is 0 Å². The first-order valence-corrected chi connectivity index (χ1v) is 10.6. The maximum Gasteiger partial charge on any atom is 0.265 e. The Bertz CT molecular complexity index is 1280. The third kappa shape index (κ3) is 2.68. The van der Waals surface area contributed by atoms with Gasteiger partial charge in [-0.3, -0.25) is 9.36 Å². The van der Waals surface area contributed by atoms with Crippen LogP contribution >= 0.6 is 0 Å². The molecule has 4 heterocycles. The Morgan fingerprint density at radius 1 is 1.00 bits per heavy atom. The molecule has 1 atom stereocenters. The van der Waals surface area contributed by atoms with E-state index >= 15 is 0 Å². The highest BCUT2D eigenvalue weighted by Gasteiger charge is 2.26. The van der Waals surface area contributed by atoms with Crippen LogP contribution in [0.1, 0.15) is 44.6 Å². The van der Waals surface area contributed by atoms with Gasteiger partial charge in [-0.05, 0) is 37.8 Å². The van der Waals surface area contributed by atoms with E-state index in [-0.39, 0.29) is 17.7 Å². The van der Waals surface area contributed by atoms with Gasteiger partial charge in [0.1, 0.15) is 17.2 Å². The number of nitrogens with zero attached hydrogens (tertiary/aromatic N) is 5. The van der Waals surface area contributed by atoms with Gasteiger partial charge in [0.2, 0.25) is 0 Å². The second kappa shape index (κ2) is 6.62. The van der Waals surface area contributed by atoms with Crippen LogP contribution in [0.3, 0.4) is 0 Å². The minimum absolute atomic E-state index is 0.00238. The predicted molar refractivity (Wildman–Crippen MR) is 111 cm³/mol. The van der Waals surface area contributed by atoms with Crippen molar-refractivity contribution >= 4 is 33.2 Å². The van der Waals surface area contributed by atoms with Gasteiger partial charge in [0.25, 0.3) is 5.56 Å². The summed E-state index contributed by atoms with van der Waals surface area (Å²) < 4.78 is 9.73. The molecule has 1 saturated heterocycles. The second-order valence-corrected chi connectivity index (χ2v) is 8.22. The summed E-state index contributed by atoms with van der Waals surface area (Å²) in [4.78, 5) is 28.0. The molecule has 1 aliphatic carbocycles. The molecule has 0 spiro atoms. The van der Waals surface area contributed by atoms with Crippen molar-refractivity contribution in [2.45, 2.75) is 57.2 Å². The Labute approximate surface area is 167 Å². The molecule has 1 unspecified atom stereocenters. The molecule has 1 aromatic carbocycles. The average Bonchev–Trinajstić information content (AvgIpc) is 3.49. The van der Waals surface area contributed by atoms with Crippen molar-refractivity contribution in [3.63, 3.8) is 0 Å². The van der Waals surface area contributed by atoms with Crippen molar-refractivity contribution in [2.75, 3.05) is 6.61 Å². The van der Waals surface area contributed by atoms with Crippen LogP contribution in [0.4, 0.5) is 0 Å². The summed E-state index contributed by atoms with van der Waals surface area (Å²) in [6, 6.07) is 8.05. The molecular weight excluding hydrogens is 366 g/mol. The van der Waals surface area contributed by atoms with Crippen molar-refractivity contribution in [1.82, 2.24) is 24.1 Å². The van der Waals surface area contributed by atoms with Crippen molar-refractivity contribution in [2.24, 2.45) is 0 Å². The Kier molecular flexibility index (Phi) is 3.90. The fourth-order valence-electron chi connectivity index (χ4n) is 4.92. The van der Waals surface area contributed by atoms with Gasteiger partial charge in [-0.2, -0.15) is 0 Å². The zero-order valence-corrected chi connectivity index (χ0v) is 16.3. The quantitative estimate of drug-likeness (QED) is 0.535. The van der Waals surface area contributed by atoms with Gasteiger partial charge in [0, 0.05) is 12.6 Å². The van der Waals surface area contributed by atoms with Crippen LogP contribution < -0.4 is 5.56 Å². The fraction of sp³-hybridized carbons (Fsp3) is 0.455. The summed E-state index contributed by atoms with van der Waals surface area (Å²) in [6.45, 7) is 1.44. The van der Waals surface area contributed by atoms with Gasteiger partial charge in [-0.25, -0.2) is 15.0 Å². The maximum atomic E-state index is 13.5. The zero-order valence-electron chi connectivity index (χ0n) is 16.3. The molecule has 2 fully saturated rings. The molecule has 6 rings (SSSR count). The lowest BCUT2D eigenvalue weighted by Crippen LogP contribution is -2.24. The predicted octanol–water partition coefficient (Wildman–Crippen LogP) is 3.59. The second-order valence-electron chi connectivity index (χ2n) is 8.22. The highest BCUT2D eigenvalue weighted by molar-refractivity contribution is 6.04. The minimum atomic E-state index is 0.00238. The number of para-hydroxylation sites is 2. The van der Waals surface area contributed by atoms with Crippen molar-refractivity contribution < 1.29 is 4.74 Å². The Hall–Kier alpha value is -2.80. The van der Waals surface area contributed by atoms with E-state index in [1.807, 2.05) is 33.4 Å². The van der Waals surface area contributed by atoms with Crippen LogP contribution in [-0.4, -0.2) is 36.8 Å². The number of fused-ring (bicyclic) bond motifs is 4. The summed E-state index contributed by atoms with van der Waals surface area (Å²) >= 11 is 0. The number of hydrogen-bond donors (Lipinski definition) is 0. The maximum absolute atomic E-state index is 13.5. The number of hydrogen-bond acceptors (Lipinski definition) is 5. The third-order valence-electron chi connectivity index (χ3n) is 6.40. The highest BCUT2D eigenvalue weighted by Crippen LogP contribution is 2.30. The van der Waals surface area contributed by atoms with Gasteiger partial charge in [0.15, 0.2) is 11.3 Å². The summed E-state index contributed by atoms with van der Waals surface area (Å²) in [5.41, 5.74) is 3.68. The monoisotopic (exact) mass is 389 g/mol. The molecule has 3 aromatic heterocycles. The largest absolute Gasteiger partial charge is 0.376 e. The highest BCUT2D eigenvalue weighted by atomic mass is 16.5. The lowest BCUT2D eigenvalue weighted by Gasteiger charge is -2.14. The van der Waals surface area contributed by atoms with Crippen molar-refractivity contribution in [3.05, 3.63) is 40.9 Å². The van der Waals surface area contributed by atoms with E-state index in [0.717, 1.165) is 49.0 Å². The number of aromatic nitrogens is 5. The van der Waals surface area contributed by atoms with E-state index in [1.54, 1.807) is 6.33 Å². The molecule has 29 heavy (non-hydrogen) atoms. The van der Waals surface area contributed by atoms with Crippen LogP contribution in [0, 0.1) is 0 Å². The Morgan fingerprint density at radius 3 is 2.55 bits per heavy atom. The Balaban J connectivity index is 1.65. The molecule has 1 saturated carbocycles. The van der Waals surface area contributed by atoms with Crippen LogP contribution in [0.25, 0.3) is 33.2 Å². The lowest BCUT2D eigenvalue weighted by molar-refractivity contribution is 0.0987. The number of rotatable bonds is 3. The van der Waals surface area contributed by atoms with Gasteiger partial charge >= 0.3 is 0 Å². The summed E-state index contributed by atoms with van der Waals surface area (Å²) in [7, 11) is 0. The molecule has 7 heteroatoms. The van der Waals surface area contributed by atoms with E-state index in [0.29, 0.717) is 23.1 Å². The topological polar surface area (TPSA) is 74.8 Å². The first kappa shape index (κ1) is 17.1. The van der Waals surface area contributed by atoms with Gasteiger partial charge in [0.05, 0.1) is 23.7 Å². The number of benzene rings is 1. The molecule has 0 N–H and O–H groups in total. The van der Waals surface area contributed by atoms with E-state index < -0.39 is 0 Å². The molecule has 0 bridgehead atoms. The van der Waals surface area contributed by atoms with Gasteiger partial charge < -0.3 is 9.30 Å². The summed E-state index contributed by atoms with van der Waals surface area (Å²) in [5.74, 6) is 0. The Morgan fingerprint density at radius 2 is 1.79 bits per heavy atom. The van der Waals surface area contributed by atoms with E-state index in [9.17, 15) is 4.79 Å². The normalized spacial score (nSPS) is 20.5. The molecule has 0 amide bonds. The lowest BCUT2D eigenvalue weighted by atomic mass is 10.2. The molecule has 7 nitrogen and oxygen atoms in total. The molecule has 148 valence electrons. The SMILES string of the molecule is O=c1c2c3nc4ccccc4nc3n(CC3CCCO3)c2ncn1C1CCCC1. The summed E-state index contributed by atoms with van der Waals surface area (Å²) in [6.07, 6.45) is 8.35. The zero-order chi connectivity index (χ0) is 19.4. The first-order chi connectivity index (χ1) is 14.3. The smallest absolute Gasteiger partial charge is 0.265 e. The molecule has 2 aliphatic rings. The fourth-order valence-corrected chi connectivity index (χ4v) is 4.92. The van der Waals surface area contributed by atoms with Crippen LogP contribution in [-0.2, 0) is 11.3 Å². The molecule has 0 radical (unpaired) electrons. The standard InChI is InChI=1S/C22H23N5O2/c28-22-18-19-21(25-17-10-4-3-9-16(17)24-19)26(12-15-8-5-11-29-15)20(18)23-13-27(22)14-6-1-2-7-14/h3-4,9-10,13-15H,1-2,5-8,11-12H2. The average molecular weight is 389 g/mol. The summed E-state index contributed by atoms with van der Waals surface area (Å²) in [5, 5.41) is 0.589. The molecule has 4 aromatic rings. The molecule has 1 aliphatic heterocycles. The van der Waals surface area contributed by atoms with E-state index in [2.05, 4.69) is 0 Å². The minimum Gasteiger partial charge on any atom is -0.376 e. The van der Waals surface area contributed by atoms with Crippen LogP contribution in [0.5, 0.6) is 0 Å². The van der Waals surface area contributed by atoms with Gasteiger partial charge in [-0.1, -0.05) is 25.0 Å².